The summed E-state index contributed by atoms with van der Waals surface area (Å²) in [5.74, 6) is -0.0188. The first-order valence-electron chi connectivity index (χ1n) is 6.24. The molecule has 2 rings (SSSR count). The highest BCUT2D eigenvalue weighted by atomic mass is 16.2. The van der Waals surface area contributed by atoms with E-state index in [1.54, 1.807) is 18.7 Å². The predicted octanol–water partition coefficient (Wildman–Crippen LogP) is -0.148. The minimum Gasteiger partial charge on any atom is -0.352 e. The molecule has 0 aromatic rings. The Balaban J connectivity index is 2.21. The first-order chi connectivity index (χ1) is 7.94. The second-order valence-electron chi connectivity index (χ2n) is 5.61. The summed E-state index contributed by atoms with van der Waals surface area (Å²) in [4.78, 5) is 26.1. The summed E-state index contributed by atoms with van der Waals surface area (Å²) in [6, 6.07) is 0. The zero-order valence-electron chi connectivity index (χ0n) is 10.6. The Morgan fingerprint density at radius 1 is 1.47 bits per heavy atom. The van der Waals surface area contributed by atoms with Crippen LogP contribution in [0.25, 0.3) is 0 Å². The Labute approximate surface area is 102 Å². The van der Waals surface area contributed by atoms with Crippen LogP contribution in [0.1, 0.15) is 33.1 Å². The zero-order chi connectivity index (χ0) is 12.7. The summed E-state index contributed by atoms with van der Waals surface area (Å²) in [5, 5.41) is 2.80. The van der Waals surface area contributed by atoms with Gasteiger partial charge in [-0.2, -0.15) is 0 Å². The monoisotopic (exact) mass is 239 g/mol. The van der Waals surface area contributed by atoms with Gasteiger partial charge >= 0.3 is 0 Å². The third kappa shape index (κ3) is 1.73. The van der Waals surface area contributed by atoms with Crippen molar-refractivity contribution in [2.24, 2.45) is 11.1 Å². The number of amides is 2. The molecule has 0 aromatic heterocycles. The Morgan fingerprint density at radius 3 is 2.59 bits per heavy atom. The molecule has 1 aliphatic carbocycles. The quantitative estimate of drug-likeness (QED) is 0.704. The van der Waals surface area contributed by atoms with Crippen LogP contribution in [-0.4, -0.2) is 41.9 Å². The molecule has 3 N–H and O–H groups in total. The Bertz CT molecular complexity index is 342. The smallest absolute Gasteiger partial charge is 0.245 e. The van der Waals surface area contributed by atoms with E-state index >= 15 is 0 Å². The highest BCUT2D eigenvalue weighted by Crippen LogP contribution is 2.42. The van der Waals surface area contributed by atoms with Gasteiger partial charge in [-0.05, 0) is 26.7 Å². The lowest BCUT2D eigenvalue weighted by atomic mass is 9.67. The van der Waals surface area contributed by atoms with Gasteiger partial charge in [0.2, 0.25) is 11.8 Å². The lowest BCUT2D eigenvalue weighted by Crippen LogP contribution is -2.67. The third-order valence-corrected chi connectivity index (χ3v) is 4.25. The van der Waals surface area contributed by atoms with Crippen LogP contribution < -0.4 is 11.1 Å². The third-order valence-electron chi connectivity index (χ3n) is 4.25. The van der Waals surface area contributed by atoms with E-state index in [-0.39, 0.29) is 11.8 Å². The van der Waals surface area contributed by atoms with Crippen molar-refractivity contribution in [1.82, 2.24) is 10.2 Å². The fourth-order valence-electron chi connectivity index (χ4n) is 2.65. The van der Waals surface area contributed by atoms with E-state index in [1.807, 2.05) is 0 Å². The predicted molar refractivity (Wildman–Crippen MR) is 64.1 cm³/mol. The van der Waals surface area contributed by atoms with Gasteiger partial charge in [0.15, 0.2) is 0 Å². The number of piperazine rings is 1. The minimum absolute atomic E-state index is 0.0612. The molecule has 0 unspecified atom stereocenters. The maximum atomic E-state index is 12.6. The van der Waals surface area contributed by atoms with Crippen LogP contribution in [0.2, 0.25) is 0 Å². The number of hydrogen-bond donors (Lipinski definition) is 2. The van der Waals surface area contributed by atoms with E-state index < -0.39 is 11.0 Å². The molecule has 1 aliphatic heterocycles. The van der Waals surface area contributed by atoms with Crippen LogP contribution in [0.3, 0.4) is 0 Å². The van der Waals surface area contributed by atoms with Gasteiger partial charge in [-0.3, -0.25) is 9.59 Å². The maximum Gasteiger partial charge on any atom is 0.245 e. The van der Waals surface area contributed by atoms with Crippen LogP contribution >= 0.6 is 0 Å². The zero-order valence-corrected chi connectivity index (χ0v) is 10.6. The SMILES string of the molecule is CC1(C)C(=O)NCCN1C(=O)C1(CN)CCC1. The number of rotatable bonds is 2. The normalized spacial score (nSPS) is 26.1. The van der Waals surface area contributed by atoms with Crippen molar-refractivity contribution in [3.8, 4) is 0 Å². The number of hydrogen-bond acceptors (Lipinski definition) is 3. The van der Waals surface area contributed by atoms with E-state index in [1.165, 1.54) is 0 Å². The van der Waals surface area contributed by atoms with Crippen LogP contribution in [0.15, 0.2) is 0 Å². The van der Waals surface area contributed by atoms with Crippen LogP contribution in [0, 0.1) is 5.41 Å². The highest BCUT2D eigenvalue weighted by Gasteiger charge is 2.50. The molecule has 2 fully saturated rings. The van der Waals surface area contributed by atoms with Gasteiger partial charge in [0.25, 0.3) is 0 Å². The van der Waals surface area contributed by atoms with Crippen LogP contribution in [0.4, 0.5) is 0 Å². The number of carbonyl (C=O) groups excluding carboxylic acids is 2. The van der Waals surface area contributed by atoms with Gasteiger partial charge in [0.1, 0.15) is 5.54 Å². The Kier molecular flexibility index (Phi) is 2.89. The molecule has 0 spiro atoms. The number of nitrogens with two attached hydrogens (primary N) is 1. The molecule has 2 amide bonds. The standard InChI is InChI=1S/C12H21N3O2/c1-11(2)9(16)14-6-7-15(11)10(17)12(8-13)4-3-5-12/h3-8,13H2,1-2H3,(H,14,16). The van der Waals surface area contributed by atoms with Gasteiger partial charge in [-0.15, -0.1) is 0 Å². The summed E-state index contributed by atoms with van der Waals surface area (Å²) in [6.45, 7) is 5.10. The molecule has 0 atom stereocenters. The molecule has 2 aliphatic rings. The van der Waals surface area contributed by atoms with Gasteiger partial charge in [-0.1, -0.05) is 6.42 Å². The highest BCUT2D eigenvalue weighted by molar-refractivity contribution is 5.94. The summed E-state index contributed by atoms with van der Waals surface area (Å²) in [6.07, 6.45) is 2.77. The fourth-order valence-corrected chi connectivity index (χ4v) is 2.65. The van der Waals surface area contributed by atoms with Gasteiger partial charge in [0, 0.05) is 19.6 Å². The molecule has 96 valence electrons. The maximum absolute atomic E-state index is 12.6. The van der Waals surface area contributed by atoms with Crippen molar-refractivity contribution in [1.29, 1.82) is 0 Å². The van der Waals surface area contributed by atoms with Gasteiger partial charge in [0.05, 0.1) is 5.41 Å². The number of carbonyl (C=O) groups is 2. The molecule has 17 heavy (non-hydrogen) atoms. The first kappa shape index (κ1) is 12.4. The van der Waals surface area contributed by atoms with Crippen LogP contribution in [0.5, 0.6) is 0 Å². The molecular weight excluding hydrogens is 218 g/mol. The Hall–Kier alpha value is -1.10. The van der Waals surface area contributed by atoms with Gasteiger partial charge < -0.3 is 16.0 Å². The van der Waals surface area contributed by atoms with Gasteiger partial charge in [-0.25, -0.2) is 0 Å². The summed E-state index contributed by atoms with van der Waals surface area (Å²) < 4.78 is 0. The number of nitrogens with one attached hydrogen (secondary N) is 1. The lowest BCUT2D eigenvalue weighted by molar-refractivity contribution is -0.160. The topological polar surface area (TPSA) is 75.4 Å². The van der Waals surface area contributed by atoms with Crippen molar-refractivity contribution >= 4 is 11.8 Å². The molecule has 5 nitrogen and oxygen atoms in total. The molecule has 5 heteroatoms. The summed E-state index contributed by atoms with van der Waals surface area (Å²) in [7, 11) is 0. The lowest BCUT2D eigenvalue weighted by Gasteiger charge is -2.49. The average molecular weight is 239 g/mol. The van der Waals surface area contributed by atoms with Crippen LogP contribution in [-0.2, 0) is 9.59 Å². The van der Waals surface area contributed by atoms with E-state index in [2.05, 4.69) is 5.32 Å². The van der Waals surface area contributed by atoms with Crippen molar-refractivity contribution < 1.29 is 9.59 Å². The molecule has 1 heterocycles. The molecule has 1 saturated carbocycles. The average Bonchev–Trinajstić information content (AvgIpc) is 2.21. The minimum atomic E-state index is -0.757. The molecular formula is C12H21N3O2. The van der Waals surface area contributed by atoms with Crippen molar-refractivity contribution in [2.45, 2.75) is 38.6 Å². The summed E-state index contributed by atoms with van der Waals surface area (Å²) in [5.41, 5.74) is 4.60. The fraction of sp³-hybridized carbons (Fsp3) is 0.833. The second kappa shape index (κ2) is 3.98. The van der Waals surface area contributed by atoms with Crippen molar-refractivity contribution in [3.63, 3.8) is 0 Å². The molecule has 0 radical (unpaired) electrons. The molecule has 0 bridgehead atoms. The van der Waals surface area contributed by atoms with Crippen molar-refractivity contribution in [2.75, 3.05) is 19.6 Å². The summed E-state index contributed by atoms with van der Waals surface area (Å²) >= 11 is 0. The van der Waals surface area contributed by atoms with Crippen molar-refractivity contribution in [3.05, 3.63) is 0 Å². The molecule has 1 saturated heterocycles. The number of nitrogens with zero attached hydrogens (tertiary/aromatic N) is 1. The van der Waals surface area contributed by atoms with E-state index in [9.17, 15) is 9.59 Å². The van der Waals surface area contributed by atoms with E-state index in [0.717, 1.165) is 19.3 Å². The first-order valence-corrected chi connectivity index (χ1v) is 6.24. The Morgan fingerprint density at radius 2 is 2.12 bits per heavy atom. The van der Waals surface area contributed by atoms with E-state index in [4.69, 9.17) is 5.73 Å². The second-order valence-corrected chi connectivity index (χ2v) is 5.61. The molecule has 0 aromatic carbocycles. The largest absolute Gasteiger partial charge is 0.352 e. The van der Waals surface area contributed by atoms with E-state index in [0.29, 0.717) is 19.6 Å².